The molecule has 0 fully saturated rings. The van der Waals surface area contributed by atoms with E-state index in [1.54, 1.807) is 11.0 Å². The van der Waals surface area contributed by atoms with E-state index in [1.165, 1.54) is 6.33 Å². The Balaban J connectivity index is 1.56. The van der Waals surface area contributed by atoms with Crippen molar-refractivity contribution in [2.24, 2.45) is 0 Å². The van der Waals surface area contributed by atoms with Gasteiger partial charge in [-0.3, -0.25) is 4.79 Å². The van der Waals surface area contributed by atoms with E-state index >= 15 is 0 Å². The van der Waals surface area contributed by atoms with Crippen LogP contribution in [0.25, 0.3) is 16.5 Å². The van der Waals surface area contributed by atoms with Gasteiger partial charge in [0, 0.05) is 0 Å². The first-order valence-electron chi connectivity index (χ1n) is 9.57. The smallest absolute Gasteiger partial charge is 0.255 e. The molecule has 0 aliphatic rings. The van der Waals surface area contributed by atoms with Crippen LogP contribution in [0.3, 0.4) is 0 Å². The Bertz CT molecular complexity index is 1120. The van der Waals surface area contributed by atoms with Crippen molar-refractivity contribution >= 4 is 16.7 Å². The number of nitrogens with one attached hydrogen (secondary N) is 1. The fraction of sp³-hybridized carbons (Fsp3) is 0.174. The Morgan fingerprint density at radius 1 is 1.10 bits per heavy atom. The summed E-state index contributed by atoms with van der Waals surface area (Å²) in [6.45, 7) is 4.37. The molecule has 0 bridgehead atoms. The van der Waals surface area contributed by atoms with E-state index in [2.05, 4.69) is 15.4 Å². The summed E-state index contributed by atoms with van der Waals surface area (Å²) in [6, 6.07) is 19.5. The van der Waals surface area contributed by atoms with Gasteiger partial charge in [-0.15, -0.1) is 0 Å². The summed E-state index contributed by atoms with van der Waals surface area (Å²) in [5.41, 5.74) is 2.45. The Labute approximate surface area is 169 Å². The lowest BCUT2D eigenvalue weighted by Gasteiger charge is -2.17. The zero-order valence-electron chi connectivity index (χ0n) is 16.4. The minimum absolute atomic E-state index is 0.159. The molecule has 1 amide bonds. The van der Waals surface area contributed by atoms with Crippen LogP contribution in [-0.2, 0) is 0 Å². The Morgan fingerprint density at radius 2 is 1.83 bits per heavy atom. The molecule has 0 saturated heterocycles. The second-order valence-electron chi connectivity index (χ2n) is 6.76. The van der Waals surface area contributed by atoms with Gasteiger partial charge in [0.15, 0.2) is 0 Å². The Kier molecular flexibility index (Phi) is 5.24. The van der Waals surface area contributed by atoms with Crippen LogP contribution < -0.4 is 10.1 Å². The molecule has 1 N–H and O–H groups in total. The standard InChI is InChI=1S/C23H22N4O2/c1-3-29-22-13-19-7-5-4-6-18(19)12-21(22)23(28)26-16(2)17-8-10-20(11-9-17)27-15-24-14-25-27/h4-16H,3H2,1-2H3,(H,26,28). The monoisotopic (exact) mass is 386 g/mol. The predicted octanol–water partition coefficient (Wildman–Crippen LogP) is 4.31. The minimum Gasteiger partial charge on any atom is -0.493 e. The second kappa shape index (κ2) is 8.14. The largest absolute Gasteiger partial charge is 0.493 e. The molecule has 0 radical (unpaired) electrons. The molecular weight excluding hydrogens is 364 g/mol. The molecule has 3 aromatic carbocycles. The highest BCUT2D eigenvalue weighted by molar-refractivity contribution is 6.01. The molecule has 4 rings (SSSR count). The van der Waals surface area contributed by atoms with Gasteiger partial charge in [-0.25, -0.2) is 9.67 Å². The zero-order chi connectivity index (χ0) is 20.2. The maximum atomic E-state index is 13.0. The quantitative estimate of drug-likeness (QED) is 0.536. The number of carbonyl (C=O) groups is 1. The number of hydrogen-bond acceptors (Lipinski definition) is 4. The van der Waals surface area contributed by atoms with E-state index in [0.717, 1.165) is 22.0 Å². The van der Waals surface area contributed by atoms with E-state index in [4.69, 9.17) is 4.74 Å². The van der Waals surface area contributed by atoms with E-state index in [-0.39, 0.29) is 11.9 Å². The van der Waals surface area contributed by atoms with Crippen molar-refractivity contribution in [2.45, 2.75) is 19.9 Å². The molecule has 1 unspecified atom stereocenters. The lowest BCUT2D eigenvalue weighted by atomic mass is 10.0. The van der Waals surface area contributed by atoms with Gasteiger partial charge in [0.1, 0.15) is 18.4 Å². The molecule has 1 aromatic heterocycles. The lowest BCUT2D eigenvalue weighted by Crippen LogP contribution is -2.27. The van der Waals surface area contributed by atoms with Gasteiger partial charge in [-0.1, -0.05) is 36.4 Å². The summed E-state index contributed by atoms with van der Waals surface area (Å²) >= 11 is 0. The fourth-order valence-electron chi connectivity index (χ4n) is 3.29. The van der Waals surface area contributed by atoms with Crippen LogP contribution in [0.15, 0.2) is 73.3 Å². The number of nitrogens with zero attached hydrogens (tertiary/aromatic N) is 3. The summed E-state index contributed by atoms with van der Waals surface area (Å²) < 4.78 is 7.43. The van der Waals surface area contributed by atoms with Crippen molar-refractivity contribution in [1.29, 1.82) is 0 Å². The van der Waals surface area contributed by atoms with Gasteiger partial charge in [0.05, 0.1) is 23.9 Å². The molecule has 0 aliphatic heterocycles. The van der Waals surface area contributed by atoms with Crippen LogP contribution in [0.1, 0.15) is 35.8 Å². The average Bonchev–Trinajstić information content (AvgIpc) is 3.28. The van der Waals surface area contributed by atoms with Crippen molar-refractivity contribution in [1.82, 2.24) is 20.1 Å². The van der Waals surface area contributed by atoms with E-state index in [9.17, 15) is 4.79 Å². The van der Waals surface area contributed by atoms with E-state index in [0.29, 0.717) is 17.9 Å². The summed E-state index contributed by atoms with van der Waals surface area (Å²) in [7, 11) is 0. The highest BCUT2D eigenvalue weighted by Crippen LogP contribution is 2.27. The number of carbonyl (C=O) groups excluding carboxylic acids is 1. The van der Waals surface area contributed by atoms with Gasteiger partial charge in [-0.05, 0) is 54.4 Å². The summed E-state index contributed by atoms with van der Waals surface area (Å²) in [5.74, 6) is 0.435. The number of fused-ring (bicyclic) bond motifs is 1. The third-order valence-corrected chi connectivity index (χ3v) is 4.82. The van der Waals surface area contributed by atoms with Gasteiger partial charge in [-0.2, -0.15) is 5.10 Å². The van der Waals surface area contributed by atoms with Gasteiger partial charge in [0.25, 0.3) is 5.91 Å². The third-order valence-electron chi connectivity index (χ3n) is 4.82. The average molecular weight is 386 g/mol. The molecular formula is C23H22N4O2. The fourth-order valence-corrected chi connectivity index (χ4v) is 3.29. The van der Waals surface area contributed by atoms with E-state index in [1.807, 2.05) is 74.5 Å². The molecule has 1 atom stereocenters. The molecule has 1 heterocycles. The molecule has 146 valence electrons. The molecule has 29 heavy (non-hydrogen) atoms. The SMILES string of the molecule is CCOc1cc2ccccc2cc1C(=O)NC(C)c1ccc(-n2cncn2)cc1. The Morgan fingerprint density at radius 3 is 2.48 bits per heavy atom. The van der Waals surface area contributed by atoms with Crippen LogP contribution in [-0.4, -0.2) is 27.3 Å². The summed E-state index contributed by atoms with van der Waals surface area (Å²) in [4.78, 5) is 17.0. The Hall–Kier alpha value is -3.67. The van der Waals surface area contributed by atoms with Crippen LogP contribution in [0.4, 0.5) is 0 Å². The van der Waals surface area contributed by atoms with Gasteiger partial charge in [0.2, 0.25) is 0 Å². The summed E-state index contributed by atoms with van der Waals surface area (Å²) in [5, 5.41) is 9.25. The van der Waals surface area contributed by atoms with Gasteiger partial charge < -0.3 is 10.1 Å². The highest BCUT2D eigenvalue weighted by atomic mass is 16.5. The zero-order valence-corrected chi connectivity index (χ0v) is 16.4. The molecule has 0 saturated carbocycles. The topological polar surface area (TPSA) is 69.0 Å². The number of benzene rings is 3. The van der Waals surface area contributed by atoms with Crippen molar-refractivity contribution in [3.05, 3.63) is 84.4 Å². The first kappa shape index (κ1) is 18.7. The van der Waals surface area contributed by atoms with Crippen LogP contribution in [0.5, 0.6) is 5.75 Å². The highest BCUT2D eigenvalue weighted by Gasteiger charge is 2.17. The number of amides is 1. The molecule has 4 aromatic rings. The first-order chi connectivity index (χ1) is 14.2. The predicted molar refractivity (Wildman–Crippen MR) is 112 cm³/mol. The third kappa shape index (κ3) is 3.96. The number of ether oxygens (including phenoxy) is 1. The molecule has 0 aliphatic carbocycles. The maximum absolute atomic E-state index is 13.0. The molecule has 0 spiro atoms. The molecule has 6 nitrogen and oxygen atoms in total. The number of rotatable bonds is 6. The maximum Gasteiger partial charge on any atom is 0.255 e. The second-order valence-corrected chi connectivity index (χ2v) is 6.76. The lowest BCUT2D eigenvalue weighted by molar-refractivity contribution is 0.0936. The number of hydrogen-bond donors (Lipinski definition) is 1. The van der Waals surface area contributed by atoms with Crippen molar-refractivity contribution in [3.8, 4) is 11.4 Å². The van der Waals surface area contributed by atoms with Gasteiger partial charge >= 0.3 is 0 Å². The molecule has 6 heteroatoms. The summed E-state index contributed by atoms with van der Waals surface area (Å²) in [6.07, 6.45) is 3.14. The van der Waals surface area contributed by atoms with Crippen LogP contribution >= 0.6 is 0 Å². The number of aromatic nitrogens is 3. The normalized spacial score (nSPS) is 11.9. The van der Waals surface area contributed by atoms with Crippen molar-refractivity contribution in [2.75, 3.05) is 6.61 Å². The van der Waals surface area contributed by atoms with Crippen molar-refractivity contribution < 1.29 is 9.53 Å². The minimum atomic E-state index is -0.160. The van der Waals surface area contributed by atoms with Crippen LogP contribution in [0, 0.1) is 0 Å². The van der Waals surface area contributed by atoms with Crippen molar-refractivity contribution in [3.63, 3.8) is 0 Å². The van der Waals surface area contributed by atoms with Crippen LogP contribution in [0.2, 0.25) is 0 Å². The first-order valence-corrected chi connectivity index (χ1v) is 9.57. The van der Waals surface area contributed by atoms with E-state index < -0.39 is 0 Å².